The van der Waals surface area contributed by atoms with Crippen molar-refractivity contribution in [3.05, 3.63) is 29.3 Å². The maximum Gasteiger partial charge on any atom is 0.250 e. The van der Waals surface area contributed by atoms with Gasteiger partial charge in [0.05, 0.1) is 20.6 Å². The molecular weight excluding hydrogens is 206 g/mol. The van der Waals surface area contributed by atoms with Crippen LogP contribution in [0.1, 0.15) is 11.1 Å². The predicted molar refractivity (Wildman–Crippen MR) is 61.2 cm³/mol. The summed E-state index contributed by atoms with van der Waals surface area (Å²) in [5.41, 5.74) is 1.97. The van der Waals surface area contributed by atoms with Gasteiger partial charge in [-0.1, -0.05) is 12.1 Å². The van der Waals surface area contributed by atoms with Crippen molar-refractivity contribution in [2.75, 3.05) is 21.3 Å². The number of likely N-dealkylation sites (N-methyl/N-ethyl adjacent to an activating group) is 1. The monoisotopic (exact) mass is 223 g/mol. The molecule has 0 N–H and O–H groups in total. The van der Waals surface area contributed by atoms with Crippen LogP contribution in [0.15, 0.2) is 18.2 Å². The van der Waals surface area contributed by atoms with E-state index in [2.05, 4.69) is 0 Å². The fraction of sp³-hybridized carbons (Fsp3) is 0.417. The van der Waals surface area contributed by atoms with Gasteiger partial charge in [-0.3, -0.25) is 9.63 Å². The van der Waals surface area contributed by atoms with E-state index in [0.717, 1.165) is 16.9 Å². The molecule has 0 spiro atoms. The lowest BCUT2D eigenvalue weighted by molar-refractivity contribution is -0.167. The Balaban J connectivity index is 2.78. The molecule has 0 aliphatic rings. The van der Waals surface area contributed by atoms with Gasteiger partial charge in [0.15, 0.2) is 0 Å². The molecule has 0 heterocycles. The Labute approximate surface area is 95.7 Å². The van der Waals surface area contributed by atoms with Crippen molar-refractivity contribution >= 4 is 5.91 Å². The third kappa shape index (κ3) is 2.97. The molecule has 1 rings (SSSR count). The lowest BCUT2D eigenvalue weighted by atomic mass is 10.1. The van der Waals surface area contributed by atoms with Gasteiger partial charge in [-0.15, -0.1) is 0 Å². The minimum atomic E-state index is -0.0894. The van der Waals surface area contributed by atoms with Gasteiger partial charge >= 0.3 is 0 Å². The van der Waals surface area contributed by atoms with Gasteiger partial charge < -0.3 is 4.74 Å². The van der Waals surface area contributed by atoms with Crippen LogP contribution in [0.25, 0.3) is 0 Å². The summed E-state index contributed by atoms with van der Waals surface area (Å²) < 4.78 is 5.20. The number of nitrogens with zero attached hydrogens (tertiary/aromatic N) is 1. The van der Waals surface area contributed by atoms with E-state index >= 15 is 0 Å². The van der Waals surface area contributed by atoms with E-state index in [1.807, 2.05) is 25.1 Å². The molecule has 0 saturated heterocycles. The number of hydrogen-bond donors (Lipinski definition) is 0. The number of carbonyl (C=O) groups excluding carboxylic acids is 1. The zero-order valence-corrected chi connectivity index (χ0v) is 10.1. The molecule has 0 aromatic heterocycles. The first-order valence-electron chi connectivity index (χ1n) is 5.02. The molecule has 0 radical (unpaired) electrons. The van der Waals surface area contributed by atoms with Gasteiger partial charge in [0.2, 0.25) is 5.91 Å². The maximum atomic E-state index is 11.6. The van der Waals surface area contributed by atoms with Gasteiger partial charge in [0, 0.05) is 7.05 Å². The highest BCUT2D eigenvalue weighted by molar-refractivity contribution is 5.77. The largest absolute Gasteiger partial charge is 0.496 e. The van der Waals surface area contributed by atoms with Gasteiger partial charge in [0.25, 0.3) is 0 Å². The van der Waals surface area contributed by atoms with Crippen molar-refractivity contribution in [2.45, 2.75) is 13.3 Å². The predicted octanol–water partition coefficient (Wildman–Crippen LogP) is 1.57. The Morgan fingerprint density at radius 2 is 2.06 bits per heavy atom. The molecule has 0 atom stereocenters. The Kier molecular flexibility index (Phi) is 4.31. The molecule has 4 heteroatoms. The molecular formula is C12H17NO3. The van der Waals surface area contributed by atoms with Crippen LogP contribution < -0.4 is 4.74 Å². The van der Waals surface area contributed by atoms with Crippen molar-refractivity contribution in [1.82, 2.24) is 5.06 Å². The average Bonchev–Trinajstić information content (AvgIpc) is 2.30. The molecule has 1 aromatic rings. The van der Waals surface area contributed by atoms with Crippen LogP contribution in [0.3, 0.4) is 0 Å². The molecule has 16 heavy (non-hydrogen) atoms. The first-order chi connectivity index (χ1) is 7.58. The fourth-order valence-corrected chi connectivity index (χ4v) is 1.36. The Morgan fingerprint density at radius 1 is 1.38 bits per heavy atom. The number of carbonyl (C=O) groups is 1. The third-order valence-corrected chi connectivity index (χ3v) is 2.45. The molecule has 4 nitrogen and oxygen atoms in total. The fourth-order valence-electron chi connectivity index (χ4n) is 1.36. The van der Waals surface area contributed by atoms with E-state index < -0.39 is 0 Å². The highest BCUT2D eigenvalue weighted by atomic mass is 16.7. The first kappa shape index (κ1) is 12.5. The summed E-state index contributed by atoms with van der Waals surface area (Å²) in [6, 6.07) is 5.73. The number of hydroxylamine groups is 2. The van der Waals surface area contributed by atoms with E-state index in [0.29, 0.717) is 6.42 Å². The van der Waals surface area contributed by atoms with Crippen LogP contribution >= 0.6 is 0 Å². The molecule has 88 valence electrons. The number of amides is 1. The van der Waals surface area contributed by atoms with E-state index in [9.17, 15) is 4.79 Å². The lowest BCUT2D eigenvalue weighted by Crippen LogP contribution is -2.26. The number of rotatable bonds is 4. The lowest BCUT2D eigenvalue weighted by Gasteiger charge is -2.14. The SMILES string of the molecule is COc1cc(CC(=O)N(C)OC)ccc1C. The van der Waals surface area contributed by atoms with E-state index in [1.165, 1.54) is 12.2 Å². The molecule has 1 amide bonds. The third-order valence-electron chi connectivity index (χ3n) is 2.45. The molecule has 0 fully saturated rings. The molecule has 0 aliphatic heterocycles. The quantitative estimate of drug-likeness (QED) is 0.727. The Bertz CT molecular complexity index is 377. The summed E-state index contributed by atoms with van der Waals surface area (Å²) in [5, 5.41) is 1.21. The zero-order chi connectivity index (χ0) is 12.1. The number of hydrogen-bond acceptors (Lipinski definition) is 3. The van der Waals surface area contributed by atoms with Gasteiger partial charge in [-0.05, 0) is 24.1 Å². The summed E-state index contributed by atoms with van der Waals surface area (Å²) in [7, 11) is 4.68. The maximum absolute atomic E-state index is 11.6. The van der Waals surface area contributed by atoms with Crippen molar-refractivity contribution in [3.63, 3.8) is 0 Å². The first-order valence-corrected chi connectivity index (χ1v) is 5.02. The summed E-state index contributed by atoms with van der Waals surface area (Å²) in [4.78, 5) is 16.4. The van der Waals surface area contributed by atoms with Crippen molar-refractivity contribution in [3.8, 4) is 5.75 Å². The minimum absolute atomic E-state index is 0.0894. The summed E-state index contributed by atoms with van der Waals surface area (Å²) in [6.45, 7) is 1.96. The van der Waals surface area contributed by atoms with Crippen LogP contribution in [0.4, 0.5) is 0 Å². The molecule has 0 bridgehead atoms. The topological polar surface area (TPSA) is 38.8 Å². The normalized spacial score (nSPS) is 10.0. The van der Waals surface area contributed by atoms with Gasteiger partial charge in [0.1, 0.15) is 5.75 Å². The van der Waals surface area contributed by atoms with Crippen LogP contribution in [-0.4, -0.2) is 32.2 Å². The zero-order valence-electron chi connectivity index (χ0n) is 10.1. The smallest absolute Gasteiger partial charge is 0.250 e. The van der Waals surface area contributed by atoms with Gasteiger partial charge in [-0.2, -0.15) is 0 Å². The Morgan fingerprint density at radius 3 is 2.62 bits per heavy atom. The second kappa shape index (κ2) is 5.51. The average molecular weight is 223 g/mol. The summed E-state index contributed by atoms with van der Waals surface area (Å²) in [6.07, 6.45) is 0.307. The van der Waals surface area contributed by atoms with E-state index in [4.69, 9.17) is 9.57 Å². The van der Waals surface area contributed by atoms with Gasteiger partial charge in [-0.25, -0.2) is 5.06 Å². The van der Waals surface area contributed by atoms with E-state index in [1.54, 1.807) is 14.2 Å². The molecule has 0 saturated carbocycles. The number of methoxy groups -OCH3 is 1. The van der Waals surface area contributed by atoms with E-state index in [-0.39, 0.29) is 5.91 Å². The second-order valence-electron chi connectivity index (χ2n) is 3.55. The molecule has 0 aliphatic carbocycles. The second-order valence-corrected chi connectivity index (χ2v) is 3.55. The minimum Gasteiger partial charge on any atom is -0.496 e. The van der Waals surface area contributed by atoms with Crippen molar-refractivity contribution in [1.29, 1.82) is 0 Å². The molecule has 1 aromatic carbocycles. The van der Waals surface area contributed by atoms with Crippen LogP contribution in [0.2, 0.25) is 0 Å². The van der Waals surface area contributed by atoms with Crippen LogP contribution in [0, 0.1) is 6.92 Å². The number of benzene rings is 1. The highest BCUT2D eigenvalue weighted by Crippen LogP contribution is 2.19. The summed E-state index contributed by atoms with van der Waals surface area (Å²) in [5.74, 6) is 0.707. The molecule has 0 unspecified atom stereocenters. The van der Waals surface area contributed by atoms with Crippen molar-refractivity contribution < 1.29 is 14.4 Å². The number of aryl methyl sites for hydroxylation is 1. The highest BCUT2D eigenvalue weighted by Gasteiger charge is 2.10. The van der Waals surface area contributed by atoms with Crippen LogP contribution in [0.5, 0.6) is 5.75 Å². The van der Waals surface area contributed by atoms with Crippen LogP contribution in [-0.2, 0) is 16.1 Å². The standard InChI is InChI=1S/C12H17NO3/c1-9-5-6-10(7-11(9)15-3)8-12(14)13(2)16-4/h5-7H,8H2,1-4H3. The Hall–Kier alpha value is -1.55. The summed E-state index contributed by atoms with van der Waals surface area (Å²) >= 11 is 0. The van der Waals surface area contributed by atoms with Crippen molar-refractivity contribution in [2.24, 2.45) is 0 Å². The number of ether oxygens (including phenoxy) is 1.